The van der Waals surface area contributed by atoms with E-state index < -0.39 is 0 Å². The second kappa shape index (κ2) is 4.36. The number of aromatic nitrogens is 5. The lowest BCUT2D eigenvalue weighted by atomic mass is 10.5. The van der Waals surface area contributed by atoms with Gasteiger partial charge in [0.25, 0.3) is 0 Å². The normalized spacial score (nSPS) is 10.1. The first-order valence-electron chi connectivity index (χ1n) is 4.52. The molecule has 0 saturated carbocycles. The van der Waals surface area contributed by atoms with Gasteiger partial charge in [-0.15, -0.1) is 15.3 Å². The van der Waals surface area contributed by atoms with Gasteiger partial charge in [-0.05, 0) is 12.1 Å². The fourth-order valence-electron chi connectivity index (χ4n) is 1.09. The number of anilines is 2. The summed E-state index contributed by atoms with van der Waals surface area (Å²) in [5, 5.41) is 18.2. The van der Waals surface area contributed by atoms with Crippen LogP contribution < -0.4 is 11.1 Å². The summed E-state index contributed by atoms with van der Waals surface area (Å²) in [6.07, 6.45) is 3.44. The first-order chi connectivity index (χ1) is 7.34. The minimum Gasteiger partial charge on any atom is -0.382 e. The van der Waals surface area contributed by atoms with Gasteiger partial charge in [-0.3, -0.25) is 4.68 Å². The van der Waals surface area contributed by atoms with E-state index in [0.717, 1.165) is 6.54 Å². The molecule has 7 nitrogen and oxygen atoms in total. The van der Waals surface area contributed by atoms with Crippen molar-refractivity contribution in [2.45, 2.75) is 6.54 Å². The first-order valence-corrected chi connectivity index (χ1v) is 4.52. The molecule has 0 amide bonds. The molecule has 78 valence electrons. The highest BCUT2D eigenvalue weighted by Crippen LogP contribution is 2.01. The molecule has 0 saturated heterocycles. The van der Waals surface area contributed by atoms with E-state index in [2.05, 4.69) is 25.8 Å². The number of nitrogens with zero attached hydrogens (tertiary/aromatic N) is 5. The Kier molecular flexibility index (Phi) is 2.72. The Morgan fingerprint density at radius 2 is 2.27 bits per heavy atom. The maximum Gasteiger partial charge on any atom is 0.148 e. The lowest BCUT2D eigenvalue weighted by molar-refractivity contribution is 0.608. The third kappa shape index (κ3) is 2.63. The summed E-state index contributed by atoms with van der Waals surface area (Å²) >= 11 is 0. The highest BCUT2D eigenvalue weighted by molar-refractivity contribution is 5.38. The standard InChI is InChI=1S/C8H11N7/c9-7-1-2-8(13-12-7)10-3-5-15-6-4-11-14-15/h1-2,4,6H,3,5H2,(H2,9,12)(H,10,13). The smallest absolute Gasteiger partial charge is 0.148 e. The summed E-state index contributed by atoms with van der Waals surface area (Å²) in [5.74, 6) is 1.11. The van der Waals surface area contributed by atoms with Crippen molar-refractivity contribution in [3.05, 3.63) is 24.5 Å². The van der Waals surface area contributed by atoms with Crippen LogP contribution in [0.5, 0.6) is 0 Å². The van der Waals surface area contributed by atoms with Crippen molar-refractivity contribution in [1.82, 2.24) is 25.2 Å². The van der Waals surface area contributed by atoms with Crippen LogP contribution >= 0.6 is 0 Å². The molecule has 7 heteroatoms. The van der Waals surface area contributed by atoms with Gasteiger partial charge in [-0.1, -0.05) is 5.21 Å². The van der Waals surface area contributed by atoms with Crippen molar-refractivity contribution in [2.75, 3.05) is 17.6 Å². The zero-order chi connectivity index (χ0) is 10.5. The molecule has 0 aromatic carbocycles. The molecule has 2 rings (SSSR count). The first kappa shape index (κ1) is 9.38. The largest absolute Gasteiger partial charge is 0.382 e. The second-order valence-electron chi connectivity index (χ2n) is 2.94. The van der Waals surface area contributed by atoms with E-state index >= 15 is 0 Å². The molecule has 0 atom stereocenters. The fraction of sp³-hybridized carbons (Fsp3) is 0.250. The Labute approximate surface area is 86.3 Å². The molecule has 0 fully saturated rings. The quantitative estimate of drug-likeness (QED) is 0.715. The Morgan fingerprint density at radius 3 is 2.93 bits per heavy atom. The zero-order valence-electron chi connectivity index (χ0n) is 8.04. The Bertz CT molecular complexity index is 393. The lowest BCUT2D eigenvalue weighted by Gasteiger charge is -2.04. The van der Waals surface area contributed by atoms with Gasteiger partial charge in [0.15, 0.2) is 0 Å². The van der Waals surface area contributed by atoms with Gasteiger partial charge in [0.1, 0.15) is 11.6 Å². The van der Waals surface area contributed by atoms with Crippen LogP contribution in [0.1, 0.15) is 0 Å². The molecule has 0 aliphatic rings. The summed E-state index contributed by atoms with van der Waals surface area (Å²) < 4.78 is 1.73. The fourth-order valence-corrected chi connectivity index (χ4v) is 1.09. The van der Waals surface area contributed by atoms with Gasteiger partial charge in [-0.2, -0.15) is 0 Å². The lowest BCUT2D eigenvalue weighted by Crippen LogP contribution is -2.12. The molecule has 2 aromatic rings. The highest BCUT2D eigenvalue weighted by atomic mass is 15.4. The molecule has 0 unspecified atom stereocenters. The predicted molar refractivity (Wildman–Crippen MR) is 55.0 cm³/mol. The number of nitrogens with two attached hydrogens (primary N) is 1. The molecule has 0 radical (unpaired) electrons. The number of hydrogen-bond donors (Lipinski definition) is 2. The monoisotopic (exact) mass is 205 g/mol. The summed E-state index contributed by atoms with van der Waals surface area (Å²) in [4.78, 5) is 0. The van der Waals surface area contributed by atoms with E-state index in [9.17, 15) is 0 Å². The summed E-state index contributed by atoms with van der Waals surface area (Å²) in [6.45, 7) is 1.44. The van der Waals surface area contributed by atoms with Crippen LogP contribution in [0.15, 0.2) is 24.5 Å². The van der Waals surface area contributed by atoms with E-state index in [1.807, 2.05) is 0 Å². The minimum atomic E-state index is 0.414. The van der Waals surface area contributed by atoms with Gasteiger partial charge in [0, 0.05) is 12.7 Å². The summed E-state index contributed by atoms with van der Waals surface area (Å²) in [5.41, 5.74) is 5.41. The van der Waals surface area contributed by atoms with Crippen molar-refractivity contribution in [3.63, 3.8) is 0 Å². The number of nitrogen functional groups attached to an aromatic ring is 1. The maximum atomic E-state index is 5.41. The number of nitrogens with one attached hydrogen (secondary N) is 1. The van der Waals surface area contributed by atoms with E-state index in [1.165, 1.54) is 0 Å². The molecule has 3 N–H and O–H groups in total. The average Bonchev–Trinajstić information content (AvgIpc) is 2.74. The van der Waals surface area contributed by atoms with Crippen molar-refractivity contribution >= 4 is 11.6 Å². The van der Waals surface area contributed by atoms with E-state index in [4.69, 9.17) is 5.73 Å². The van der Waals surface area contributed by atoms with Gasteiger partial charge in [-0.25, -0.2) is 0 Å². The molecule has 0 aliphatic carbocycles. The number of hydrogen-bond acceptors (Lipinski definition) is 6. The highest BCUT2D eigenvalue weighted by Gasteiger charge is 1.95. The molecule has 2 heterocycles. The summed E-state index contributed by atoms with van der Waals surface area (Å²) in [7, 11) is 0. The van der Waals surface area contributed by atoms with Crippen molar-refractivity contribution in [1.29, 1.82) is 0 Å². The molecular formula is C8H11N7. The van der Waals surface area contributed by atoms with Crippen LogP contribution in [0, 0.1) is 0 Å². The predicted octanol–water partition coefficient (Wildman–Crippen LogP) is -0.238. The Balaban J connectivity index is 1.81. The van der Waals surface area contributed by atoms with E-state index in [-0.39, 0.29) is 0 Å². The average molecular weight is 205 g/mol. The third-order valence-electron chi connectivity index (χ3n) is 1.80. The maximum absolute atomic E-state index is 5.41. The van der Waals surface area contributed by atoms with Crippen LogP contribution in [0.4, 0.5) is 11.6 Å². The molecule has 2 aromatic heterocycles. The Hall–Kier alpha value is -2.18. The number of rotatable bonds is 4. The molecule has 15 heavy (non-hydrogen) atoms. The van der Waals surface area contributed by atoms with Crippen LogP contribution in [0.3, 0.4) is 0 Å². The van der Waals surface area contributed by atoms with Crippen LogP contribution in [0.25, 0.3) is 0 Å². The molecule has 0 bridgehead atoms. The van der Waals surface area contributed by atoms with Gasteiger partial charge < -0.3 is 11.1 Å². The van der Waals surface area contributed by atoms with Crippen molar-refractivity contribution < 1.29 is 0 Å². The van der Waals surface area contributed by atoms with Crippen LogP contribution in [-0.2, 0) is 6.54 Å². The molecular weight excluding hydrogens is 194 g/mol. The van der Waals surface area contributed by atoms with E-state index in [0.29, 0.717) is 18.2 Å². The second-order valence-corrected chi connectivity index (χ2v) is 2.94. The molecule has 0 aliphatic heterocycles. The minimum absolute atomic E-state index is 0.414. The summed E-state index contributed by atoms with van der Waals surface area (Å²) in [6, 6.07) is 3.48. The van der Waals surface area contributed by atoms with Crippen molar-refractivity contribution in [3.8, 4) is 0 Å². The van der Waals surface area contributed by atoms with Gasteiger partial charge >= 0.3 is 0 Å². The van der Waals surface area contributed by atoms with Crippen LogP contribution in [0.2, 0.25) is 0 Å². The SMILES string of the molecule is Nc1ccc(NCCn2ccnn2)nn1. The van der Waals surface area contributed by atoms with Gasteiger partial charge in [0.2, 0.25) is 0 Å². The van der Waals surface area contributed by atoms with Gasteiger partial charge in [0.05, 0.1) is 12.7 Å². The Morgan fingerprint density at radius 1 is 1.33 bits per heavy atom. The van der Waals surface area contributed by atoms with Crippen LogP contribution in [-0.4, -0.2) is 31.7 Å². The zero-order valence-corrected chi connectivity index (χ0v) is 8.04. The molecule has 0 spiro atoms. The topological polar surface area (TPSA) is 94.5 Å². The third-order valence-corrected chi connectivity index (χ3v) is 1.80. The van der Waals surface area contributed by atoms with Crippen molar-refractivity contribution in [2.24, 2.45) is 0 Å². The van der Waals surface area contributed by atoms with E-state index in [1.54, 1.807) is 29.2 Å².